The molecule has 0 amide bonds. The number of hydrogen-bond donors (Lipinski definition) is 1. The monoisotopic (exact) mass is 222 g/mol. The fourth-order valence-electron chi connectivity index (χ4n) is 1.82. The van der Waals surface area contributed by atoms with Crippen LogP contribution < -0.4 is 5.73 Å². The summed E-state index contributed by atoms with van der Waals surface area (Å²) in [6.07, 6.45) is 4.67. The van der Waals surface area contributed by atoms with Gasteiger partial charge in [-0.2, -0.15) is 0 Å². The van der Waals surface area contributed by atoms with Gasteiger partial charge in [-0.1, -0.05) is 12.1 Å². The lowest BCUT2D eigenvalue weighted by Crippen LogP contribution is -2.04. The van der Waals surface area contributed by atoms with E-state index in [0.29, 0.717) is 6.54 Å². The molecule has 2 N–H and O–H groups in total. The van der Waals surface area contributed by atoms with Gasteiger partial charge in [-0.05, 0) is 42.5 Å². The molecule has 1 heterocycles. The van der Waals surface area contributed by atoms with Crippen molar-refractivity contribution in [3.05, 3.63) is 41.7 Å². The summed E-state index contributed by atoms with van der Waals surface area (Å²) in [5, 5.41) is 2.48. The summed E-state index contributed by atoms with van der Waals surface area (Å²) in [7, 11) is 0. The number of aromatic nitrogens is 1. The Morgan fingerprint density at radius 3 is 2.80 bits per heavy atom. The lowest BCUT2D eigenvalue weighted by Gasteiger charge is -2.08. The summed E-state index contributed by atoms with van der Waals surface area (Å²) in [4.78, 5) is 4.11. The number of pyridine rings is 1. The number of hydrogen-bond acceptors (Lipinski definition) is 2. The first kappa shape index (κ1) is 12.0. The fraction of sp³-hybridized carbons (Fsp3) is 0.250. The molecule has 0 unspecified atom stereocenters. The zero-order valence-corrected chi connectivity index (χ0v) is 9.55. The number of rotatable bonds is 2. The largest absolute Gasteiger partial charge is 0.330 e. The molecule has 2 rings (SSSR count). The summed E-state index contributed by atoms with van der Waals surface area (Å²) in [6, 6.07) is 6.31. The van der Waals surface area contributed by atoms with E-state index < -0.39 is 0 Å². The number of nitrogens with two attached hydrogens (primary N) is 1. The second-order valence-corrected chi connectivity index (χ2v) is 3.50. The maximum atomic E-state index is 5.60. The number of nitrogens with zero attached hydrogens (tertiary/aromatic N) is 1. The Morgan fingerprint density at radius 1 is 1.27 bits per heavy atom. The van der Waals surface area contributed by atoms with Crippen molar-refractivity contribution in [1.29, 1.82) is 0 Å². The summed E-state index contributed by atoms with van der Waals surface area (Å²) in [5.74, 6) is 0. The van der Waals surface area contributed by atoms with Gasteiger partial charge in [0.2, 0.25) is 0 Å². The molecular formula is C12H15ClN2. The van der Waals surface area contributed by atoms with Crippen LogP contribution in [0.3, 0.4) is 0 Å². The Kier molecular flexibility index (Phi) is 4.06. The first-order chi connectivity index (χ1) is 6.83. The maximum absolute atomic E-state index is 5.60. The molecule has 0 aliphatic carbocycles. The first-order valence-electron chi connectivity index (χ1n) is 4.85. The highest BCUT2D eigenvalue weighted by atomic mass is 35.5. The molecule has 80 valence electrons. The van der Waals surface area contributed by atoms with Crippen LogP contribution in [-0.4, -0.2) is 11.5 Å². The lowest BCUT2D eigenvalue weighted by atomic mass is 9.99. The minimum absolute atomic E-state index is 0. The summed E-state index contributed by atoms with van der Waals surface area (Å²) < 4.78 is 0. The van der Waals surface area contributed by atoms with Gasteiger partial charge in [-0.25, -0.2) is 0 Å². The van der Waals surface area contributed by atoms with Crippen molar-refractivity contribution < 1.29 is 0 Å². The fourth-order valence-corrected chi connectivity index (χ4v) is 1.82. The van der Waals surface area contributed by atoms with E-state index in [1.165, 1.54) is 21.9 Å². The molecule has 15 heavy (non-hydrogen) atoms. The van der Waals surface area contributed by atoms with Crippen LogP contribution in [0.4, 0.5) is 0 Å². The molecule has 2 aromatic rings. The van der Waals surface area contributed by atoms with Crippen molar-refractivity contribution >= 4 is 23.2 Å². The standard InChI is InChI=1S/C12H14N2.ClH/c1-9-2-3-10-8-14-7-5-12(10)11(9)4-6-13;/h2-3,5,7-8H,4,6,13H2,1H3;1H. The van der Waals surface area contributed by atoms with Gasteiger partial charge in [0, 0.05) is 17.8 Å². The Balaban J connectivity index is 0.00000112. The SMILES string of the molecule is Cc1ccc2cnccc2c1CCN.Cl. The van der Waals surface area contributed by atoms with Crippen molar-refractivity contribution in [1.82, 2.24) is 4.98 Å². The highest BCUT2D eigenvalue weighted by Gasteiger charge is 2.02. The summed E-state index contributed by atoms with van der Waals surface area (Å²) >= 11 is 0. The molecule has 0 atom stereocenters. The molecule has 0 aliphatic rings. The van der Waals surface area contributed by atoms with Crippen LogP contribution in [0, 0.1) is 6.92 Å². The predicted molar refractivity (Wildman–Crippen MR) is 66.5 cm³/mol. The van der Waals surface area contributed by atoms with E-state index in [-0.39, 0.29) is 12.4 Å². The molecule has 2 nitrogen and oxygen atoms in total. The van der Waals surface area contributed by atoms with Crippen LogP contribution in [0.15, 0.2) is 30.6 Å². The average molecular weight is 223 g/mol. The molecule has 0 saturated heterocycles. The molecule has 3 heteroatoms. The van der Waals surface area contributed by atoms with Crippen LogP contribution in [0.5, 0.6) is 0 Å². The van der Waals surface area contributed by atoms with Crippen molar-refractivity contribution in [3.8, 4) is 0 Å². The van der Waals surface area contributed by atoms with E-state index in [4.69, 9.17) is 5.73 Å². The molecule has 0 aliphatic heterocycles. The summed E-state index contributed by atoms with van der Waals surface area (Å²) in [6.45, 7) is 2.83. The minimum atomic E-state index is 0. The van der Waals surface area contributed by atoms with Gasteiger partial charge in [0.25, 0.3) is 0 Å². The van der Waals surface area contributed by atoms with E-state index in [1.807, 2.05) is 12.4 Å². The molecule has 0 saturated carbocycles. The number of benzene rings is 1. The van der Waals surface area contributed by atoms with Crippen LogP contribution in [0.25, 0.3) is 10.8 Å². The van der Waals surface area contributed by atoms with Crippen molar-refractivity contribution in [2.75, 3.05) is 6.54 Å². The van der Waals surface area contributed by atoms with Crippen molar-refractivity contribution in [3.63, 3.8) is 0 Å². The number of fused-ring (bicyclic) bond motifs is 1. The van der Waals surface area contributed by atoms with Crippen LogP contribution in [0.2, 0.25) is 0 Å². The molecule has 0 spiro atoms. The van der Waals surface area contributed by atoms with E-state index in [2.05, 4.69) is 30.1 Å². The average Bonchev–Trinajstić information content (AvgIpc) is 2.23. The topological polar surface area (TPSA) is 38.9 Å². The maximum Gasteiger partial charge on any atom is 0.0346 e. The van der Waals surface area contributed by atoms with E-state index >= 15 is 0 Å². The lowest BCUT2D eigenvalue weighted by molar-refractivity contribution is 0.967. The first-order valence-corrected chi connectivity index (χ1v) is 4.85. The van der Waals surface area contributed by atoms with Gasteiger partial charge in [-0.15, -0.1) is 12.4 Å². The summed E-state index contributed by atoms with van der Waals surface area (Å²) in [5.41, 5.74) is 8.27. The van der Waals surface area contributed by atoms with Gasteiger partial charge in [0.1, 0.15) is 0 Å². The quantitative estimate of drug-likeness (QED) is 0.848. The van der Waals surface area contributed by atoms with E-state index in [1.54, 1.807) is 0 Å². The van der Waals surface area contributed by atoms with Crippen molar-refractivity contribution in [2.45, 2.75) is 13.3 Å². The molecule has 1 aromatic heterocycles. The third-order valence-electron chi connectivity index (χ3n) is 2.56. The Labute approximate surface area is 95.9 Å². The van der Waals surface area contributed by atoms with E-state index in [9.17, 15) is 0 Å². The third-order valence-corrected chi connectivity index (χ3v) is 2.56. The Bertz CT molecular complexity index is 454. The molecule has 0 radical (unpaired) electrons. The molecule has 1 aromatic carbocycles. The predicted octanol–water partition coefficient (Wildman–Crippen LogP) is 2.47. The van der Waals surface area contributed by atoms with Gasteiger partial charge < -0.3 is 5.73 Å². The molecular weight excluding hydrogens is 208 g/mol. The minimum Gasteiger partial charge on any atom is -0.330 e. The number of halogens is 1. The highest BCUT2D eigenvalue weighted by Crippen LogP contribution is 2.21. The van der Waals surface area contributed by atoms with Gasteiger partial charge in [0.05, 0.1) is 0 Å². The van der Waals surface area contributed by atoms with Crippen LogP contribution in [-0.2, 0) is 6.42 Å². The highest BCUT2D eigenvalue weighted by molar-refractivity contribution is 5.86. The zero-order valence-electron chi connectivity index (χ0n) is 8.73. The second-order valence-electron chi connectivity index (χ2n) is 3.50. The van der Waals surface area contributed by atoms with Gasteiger partial charge >= 0.3 is 0 Å². The smallest absolute Gasteiger partial charge is 0.0346 e. The Morgan fingerprint density at radius 2 is 2.07 bits per heavy atom. The Hall–Kier alpha value is -1.12. The second kappa shape index (κ2) is 5.10. The van der Waals surface area contributed by atoms with Crippen LogP contribution in [0.1, 0.15) is 11.1 Å². The number of aryl methyl sites for hydroxylation is 1. The van der Waals surface area contributed by atoms with Gasteiger partial charge in [0.15, 0.2) is 0 Å². The van der Waals surface area contributed by atoms with Crippen molar-refractivity contribution in [2.24, 2.45) is 5.73 Å². The molecule has 0 fully saturated rings. The third kappa shape index (κ3) is 2.28. The van der Waals surface area contributed by atoms with Crippen LogP contribution >= 0.6 is 12.4 Å². The van der Waals surface area contributed by atoms with Gasteiger partial charge in [-0.3, -0.25) is 4.98 Å². The molecule has 0 bridgehead atoms. The van der Waals surface area contributed by atoms with E-state index in [0.717, 1.165) is 6.42 Å². The zero-order chi connectivity index (χ0) is 9.97. The normalized spacial score (nSPS) is 10.0.